The zero-order chi connectivity index (χ0) is 22.8. The third-order valence-electron chi connectivity index (χ3n) is 4.97. The number of carbonyl (C=O) groups is 1. The fraction of sp³-hybridized carbons (Fsp3) is 0.650. The second-order valence-corrected chi connectivity index (χ2v) is 9.76. The lowest BCUT2D eigenvalue weighted by Crippen LogP contribution is -2.35. The van der Waals surface area contributed by atoms with Gasteiger partial charge in [-0.05, 0) is 19.4 Å². The second kappa shape index (κ2) is 9.44. The molecule has 0 amide bonds. The van der Waals surface area contributed by atoms with Crippen molar-refractivity contribution in [2.24, 2.45) is 0 Å². The molecule has 6 atom stereocenters. The molecule has 2 aliphatic heterocycles. The molecule has 2 heterocycles. The van der Waals surface area contributed by atoms with Crippen LogP contribution in [0.1, 0.15) is 27.2 Å². The van der Waals surface area contributed by atoms with Crippen molar-refractivity contribution in [2.75, 3.05) is 21.3 Å². The normalized spacial score (nSPS) is 30.4. The van der Waals surface area contributed by atoms with E-state index in [9.17, 15) is 9.36 Å². The number of hydrogen-bond donors (Lipinski definition) is 0. The average molecular weight is 445 g/mol. The first-order valence-corrected chi connectivity index (χ1v) is 11.1. The van der Waals surface area contributed by atoms with Gasteiger partial charge in [0.25, 0.3) is 0 Å². The van der Waals surface area contributed by atoms with Gasteiger partial charge >= 0.3 is 13.6 Å². The lowest BCUT2D eigenvalue weighted by atomic mass is 10.1. The van der Waals surface area contributed by atoms with Crippen molar-refractivity contribution in [3.63, 3.8) is 0 Å². The van der Waals surface area contributed by atoms with Crippen molar-refractivity contribution in [1.29, 1.82) is 0 Å². The fourth-order valence-electron chi connectivity index (χ4n) is 3.55. The number of carbonyl (C=O) groups excluding carboxylic acids is 1. The summed E-state index contributed by atoms with van der Waals surface area (Å²) < 4.78 is 60.3. The largest absolute Gasteiger partial charge is 0.468 e. The summed E-state index contributed by atoms with van der Waals surface area (Å²) in [6.45, 7) is 3.73. The van der Waals surface area contributed by atoms with Gasteiger partial charge in [0.2, 0.25) is 0 Å². The van der Waals surface area contributed by atoms with E-state index in [1.165, 1.54) is 0 Å². The molecule has 1 unspecified atom stereocenters. The molecule has 168 valence electrons. The molecule has 0 N–H and O–H groups in total. The predicted octanol–water partition coefficient (Wildman–Crippen LogP) is 2.87. The molecule has 2 saturated heterocycles. The first kappa shape index (κ1) is 21.9. The van der Waals surface area contributed by atoms with Crippen LogP contribution in [0.25, 0.3) is 0 Å². The standard InChI is InChI=1S/C20H29O9P/c1-20(2)28-16-14(11-15(18(21)23-3)30(22,24-4)25-5)27-19(17(16)29-20)26-12-13-9-7-6-8-10-13/h6-10,14-17,19H,11-12H2,1-5H3/t14-,15?,16+,17+,19+/m1/s1/i11D/t11-,14+,15?,16-,17-,19-/m0. The molecule has 0 bridgehead atoms. The summed E-state index contributed by atoms with van der Waals surface area (Å²) in [5, 5.41) is 0. The zero-order valence-electron chi connectivity index (χ0n) is 18.7. The van der Waals surface area contributed by atoms with Gasteiger partial charge in [-0.25, -0.2) is 0 Å². The Balaban J connectivity index is 1.84. The molecule has 0 aliphatic carbocycles. The number of fused-ring (bicyclic) bond motifs is 1. The molecule has 0 aromatic heterocycles. The highest BCUT2D eigenvalue weighted by molar-refractivity contribution is 7.55. The maximum Gasteiger partial charge on any atom is 0.344 e. The first-order valence-electron chi connectivity index (χ1n) is 10.1. The van der Waals surface area contributed by atoms with Gasteiger partial charge in [-0.1, -0.05) is 30.3 Å². The summed E-state index contributed by atoms with van der Waals surface area (Å²) >= 11 is 0. The van der Waals surface area contributed by atoms with Crippen LogP contribution in [-0.4, -0.2) is 63.3 Å². The van der Waals surface area contributed by atoms with Crippen molar-refractivity contribution in [3.05, 3.63) is 35.9 Å². The van der Waals surface area contributed by atoms with Crippen molar-refractivity contribution in [3.8, 4) is 0 Å². The molecule has 0 radical (unpaired) electrons. The number of rotatable bonds is 9. The minimum absolute atomic E-state index is 0.253. The Bertz CT molecular complexity index is 797. The van der Waals surface area contributed by atoms with Crippen LogP contribution >= 0.6 is 7.60 Å². The third kappa shape index (κ3) is 4.94. The van der Waals surface area contributed by atoms with Crippen LogP contribution in [-0.2, 0) is 48.7 Å². The Labute approximate surface area is 177 Å². The monoisotopic (exact) mass is 445 g/mol. The molecule has 0 spiro atoms. The van der Waals surface area contributed by atoms with Gasteiger partial charge < -0.3 is 32.7 Å². The van der Waals surface area contributed by atoms with E-state index >= 15 is 0 Å². The number of ether oxygens (including phenoxy) is 5. The van der Waals surface area contributed by atoms with Crippen LogP contribution in [0, 0.1) is 0 Å². The molecule has 2 fully saturated rings. The zero-order valence-corrected chi connectivity index (χ0v) is 18.6. The van der Waals surface area contributed by atoms with E-state index in [4.69, 9.17) is 34.1 Å². The third-order valence-corrected chi connectivity index (χ3v) is 7.05. The summed E-state index contributed by atoms with van der Waals surface area (Å²) in [6.07, 6.45) is -4.62. The SMILES string of the molecule is [2H][C@H](C(C(=O)OC)P(=O)(OC)OC)[C@H]1O[C@H](OCc2ccccc2)[C@H]2OC(C)(C)O[C@H]21. The first-order chi connectivity index (χ1) is 14.7. The number of benzene rings is 1. The molecular weight excluding hydrogens is 415 g/mol. The van der Waals surface area contributed by atoms with Crippen LogP contribution < -0.4 is 0 Å². The average Bonchev–Trinajstić information content (AvgIpc) is 3.25. The van der Waals surface area contributed by atoms with Crippen LogP contribution in [0.3, 0.4) is 0 Å². The van der Waals surface area contributed by atoms with Gasteiger partial charge in [0.1, 0.15) is 12.2 Å². The summed E-state index contributed by atoms with van der Waals surface area (Å²) in [5.74, 6) is -1.85. The highest BCUT2D eigenvalue weighted by Gasteiger charge is 2.57. The maximum absolute atomic E-state index is 13.0. The van der Waals surface area contributed by atoms with Crippen LogP contribution in [0.2, 0.25) is 0 Å². The van der Waals surface area contributed by atoms with Crippen molar-refractivity contribution < 1.29 is 43.5 Å². The molecule has 10 heteroatoms. The van der Waals surface area contributed by atoms with Crippen LogP contribution in [0.5, 0.6) is 0 Å². The Morgan fingerprint density at radius 3 is 2.40 bits per heavy atom. The molecular formula is C20H29O9P. The van der Waals surface area contributed by atoms with Crippen LogP contribution in [0.15, 0.2) is 30.3 Å². The molecule has 0 saturated carbocycles. The van der Waals surface area contributed by atoms with Gasteiger partial charge in [0.05, 0.1) is 19.8 Å². The summed E-state index contributed by atoms with van der Waals surface area (Å²) in [7, 11) is -0.568. The highest BCUT2D eigenvalue weighted by atomic mass is 31.2. The lowest BCUT2D eigenvalue weighted by Gasteiger charge is -2.27. The predicted molar refractivity (Wildman–Crippen MR) is 106 cm³/mol. The van der Waals surface area contributed by atoms with Gasteiger partial charge in [-0.3, -0.25) is 9.36 Å². The topological polar surface area (TPSA) is 98.8 Å². The smallest absolute Gasteiger partial charge is 0.344 e. The van der Waals surface area contributed by atoms with Crippen molar-refractivity contribution in [1.82, 2.24) is 0 Å². The molecule has 2 aliphatic rings. The number of hydrogen-bond acceptors (Lipinski definition) is 9. The van der Waals surface area contributed by atoms with Gasteiger partial charge in [0.15, 0.2) is 17.7 Å². The Morgan fingerprint density at radius 1 is 1.17 bits per heavy atom. The van der Waals surface area contributed by atoms with Crippen molar-refractivity contribution in [2.45, 2.75) is 62.9 Å². The van der Waals surface area contributed by atoms with Crippen molar-refractivity contribution >= 4 is 13.6 Å². The highest BCUT2D eigenvalue weighted by Crippen LogP contribution is 2.55. The van der Waals surface area contributed by atoms with Gasteiger partial charge in [-0.15, -0.1) is 0 Å². The molecule has 1 aromatic rings. The van der Waals surface area contributed by atoms with E-state index < -0.39 is 56.0 Å². The quantitative estimate of drug-likeness (QED) is 0.420. The fourth-order valence-corrected chi connectivity index (χ4v) is 4.90. The Hall–Kier alpha value is -1.32. The summed E-state index contributed by atoms with van der Waals surface area (Å²) in [5.41, 5.74) is -0.610. The number of methoxy groups -OCH3 is 1. The second-order valence-electron chi connectivity index (χ2n) is 7.40. The van der Waals surface area contributed by atoms with E-state index in [2.05, 4.69) is 0 Å². The number of esters is 1. The van der Waals surface area contributed by atoms with Crippen LogP contribution in [0.4, 0.5) is 0 Å². The minimum Gasteiger partial charge on any atom is -0.468 e. The van der Waals surface area contributed by atoms with E-state index in [1.807, 2.05) is 30.3 Å². The molecule has 9 nitrogen and oxygen atoms in total. The van der Waals surface area contributed by atoms with E-state index in [0.717, 1.165) is 26.9 Å². The summed E-state index contributed by atoms with van der Waals surface area (Å²) in [6, 6.07) is 9.51. The Kier molecular flexibility index (Phi) is 6.89. The molecule has 3 rings (SSSR count). The van der Waals surface area contributed by atoms with E-state index in [-0.39, 0.29) is 6.61 Å². The maximum atomic E-state index is 13.0. The lowest BCUT2D eigenvalue weighted by molar-refractivity contribution is -0.237. The van der Waals surface area contributed by atoms with E-state index in [0.29, 0.717) is 0 Å². The van der Waals surface area contributed by atoms with Gasteiger partial charge in [-0.2, -0.15) is 0 Å². The van der Waals surface area contributed by atoms with Gasteiger partial charge in [0, 0.05) is 22.0 Å². The molecule has 1 aromatic carbocycles. The Morgan fingerprint density at radius 2 is 1.80 bits per heavy atom. The van der Waals surface area contributed by atoms with E-state index in [1.54, 1.807) is 13.8 Å². The molecule has 30 heavy (non-hydrogen) atoms. The summed E-state index contributed by atoms with van der Waals surface area (Å²) in [4.78, 5) is 12.5. The minimum atomic E-state index is -4.00.